The summed E-state index contributed by atoms with van der Waals surface area (Å²) >= 11 is 6.22. The highest BCUT2D eigenvalue weighted by Crippen LogP contribution is 2.30. The van der Waals surface area contributed by atoms with E-state index in [9.17, 15) is 0 Å². The van der Waals surface area contributed by atoms with Gasteiger partial charge in [-0.2, -0.15) is 0 Å². The lowest BCUT2D eigenvalue weighted by Crippen LogP contribution is -1.97. The summed E-state index contributed by atoms with van der Waals surface area (Å²) in [5.41, 5.74) is 11.0. The molecule has 0 saturated heterocycles. The maximum absolute atomic E-state index is 6.22. The Labute approximate surface area is 123 Å². The maximum atomic E-state index is 6.22. The van der Waals surface area contributed by atoms with Crippen molar-refractivity contribution in [3.05, 3.63) is 52.5 Å². The van der Waals surface area contributed by atoms with Crippen LogP contribution in [0.15, 0.2) is 36.4 Å². The van der Waals surface area contributed by atoms with Crippen LogP contribution in [-0.4, -0.2) is 9.55 Å². The van der Waals surface area contributed by atoms with Gasteiger partial charge < -0.3 is 10.3 Å². The van der Waals surface area contributed by atoms with Crippen LogP contribution in [-0.2, 0) is 13.6 Å². The van der Waals surface area contributed by atoms with Crippen molar-refractivity contribution in [2.45, 2.75) is 13.5 Å². The van der Waals surface area contributed by atoms with Crippen LogP contribution >= 0.6 is 11.6 Å². The lowest BCUT2D eigenvalue weighted by Gasteiger charge is -2.07. The van der Waals surface area contributed by atoms with E-state index in [0.717, 1.165) is 38.6 Å². The quantitative estimate of drug-likeness (QED) is 0.781. The predicted octanol–water partition coefficient (Wildman–Crippen LogP) is 3.66. The van der Waals surface area contributed by atoms with E-state index in [0.29, 0.717) is 6.54 Å². The zero-order valence-electron chi connectivity index (χ0n) is 11.5. The van der Waals surface area contributed by atoms with Gasteiger partial charge >= 0.3 is 0 Å². The number of aromatic nitrogens is 2. The van der Waals surface area contributed by atoms with Crippen LogP contribution in [0.25, 0.3) is 22.4 Å². The van der Waals surface area contributed by atoms with E-state index in [1.807, 2.05) is 44.3 Å². The lowest BCUT2D eigenvalue weighted by molar-refractivity contribution is 0.957. The minimum Gasteiger partial charge on any atom is -0.327 e. The van der Waals surface area contributed by atoms with Crippen LogP contribution in [0.5, 0.6) is 0 Å². The fourth-order valence-corrected chi connectivity index (χ4v) is 2.70. The largest absolute Gasteiger partial charge is 0.327 e. The van der Waals surface area contributed by atoms with Gasteiger partial charge in [-0.15, -0.1) is 0 Å². The number of aryl methyl sites for hydroxylation is 1. The van der Waals surface area contributed by atoms with Gasteiger partial charge in [0.15, 0.2) is 0 Å². The Kier molecular flexibility index (Phi) is 3.24. The Hall–Kier alpha value is -1.84. The molecule has 3 aromatic rings. The first kappa shape index (κ1) is 13.2. The van der Waals surface area contributed by atoms with E-state index in [-0.39, 0.29) is 0 Å². The van der Waals surface area contributed by atoms with Crippen LogP contribution in [0.4, 0.5) is 0 Å². The maximum Gasteiger partial charge on any atom is 0.141 e. The third-order valence-corrected chi connectivity index (χ3v) is 4.13. The molecule has 0 amide bonds. The highest BCUT2D eigenvalue weighted by atomic mass is 35.5. The van der Waals surface area contributed by atoms with Crippen molar-refractivity contribution in [3.63, 3.8) is 0 Å². The van der Waals surface area contributed by atoms with Gasteiger partial charge in [0.05, 0.1) is 11.0 Å². The molecule has 1 heterocycles. The van der Waals surface area contributed by atoms with Crippen molar-refractivity contribution < 1.29 is 0 Å². The summed E-state index contributed by atoms with van der Waals surface area (Å²) in [5.74, 6) is 0.918. The Morgan fingerprint density at radius 2 is 1.95 bits per heavy atom. The van der Waals surface area contributed by atoms with Gasteiger partial charge in [-0.25, -0.2) is 4.98 Å². The molecule has 0 saturated carbocycles. The molecule has 20 heavy (non-hydrogen) atoms. The summed E-state index contributed by atoms with van der Waals surface area (Å²) in [6.07, 6.45) is 0. The Bertz CT molecular complexity index is 790. The SMILES string of the molecule is Cc1c(Cl)cccc1-c1nc2c(CN)cccc2n1C. The summed E-state index contributed by atoms with van der Waals surface area (Å²) in [6.45, 7) is 2.50. The average molecular weight is 286 g/mol. The molecule has 0 fully saturated rings. The fraction of sp³-hybridized carbons (Fsp3) is 0.188. The molecule has 1 aromatic heterocycles. The molecule has 0 bridgehead atoms. The van der Waals surface area contributed by atoms with Crippen molar-refractivity contribution in [1.82, 2.24) is 9.55 Å². The number of hydrogen-bond donors (Lipinski definition) is 1. The minimum atomic E-state index is 0.488. The number of halogens is 1. The van der Waals surface area contributed by atoms with Crippen molar-refractivity contribution in [2.75, 3.05) is 0 Å². The first-order valence-corrected chi connectivity index (χ1v) is 6.91. The van der Waals surface area contributed by atoms with Crippen LogP contribution in [0, 0.1) is 6.92 Å². The number of nitrogens with two attached hydrogens (primary N) is 1. The predicted molar refractivity (Wildman–Crippen MR) is 83.8 cm³/mol. The van der Waals surface area contributed by atoms with Gasteiger partial charge in [-0.05, 0) is 30.2 Å². The highest BCUT2D eigenvalue weighted by molar-refractivity contribution is 6.31. The minimum absolute atomic E-state index is 0.488. The van der Waals surface area contributed by atoms with Gasteiger partial charge in [0.1, 0.15) is 5.82 Å². The topological polar surface area (TPSA) is 43.8 Å². The summed E-state index contributed by atoms with van der Waals surface area (Å²) in [6, 6.07) is 12.0. The molecule has 0 aliphatic rings. The first-order chi connectivity index (χ1) is 9.63. The third kappa shape index (κ3) is 1.90. The monoisotopic (exact) mass is 285 g/mol. The molecule has 0 aliphatic heterocycles. The second-order valence-corrected chi connectivity index (χ2v) is 5.30. The Balaban J connectivity index is 2.32. The molecule has 2 N–H and O–H groups in total. The molecule has 0 unspecified atom stereocenters. The molecule has 0 radical (unpaired) electrons. The van der Waals surface area contributed by atoms with Crippen molar-refractivity contribution >= 4 is 22.6 Å². The van der Waals surface area contributed by atoms with Gasteiger partial charge in [-0.1, -0.05) is 35.9 Å². The molecule has 0 aliphatic carbocycles. The van der Waals surface area contributed by atoms with Gasteiger partial charge in [0.2, 0.25) is 0 Å². The Morgan fingerprint density at radius 3 is 2.70 bits per heavy atom. The second-order valence-electron chi connectivity index (χ2n) is 4.90. The Morgan fingerprint density at radius 1 is 1.20 bits per heavy atom. The number of fused-ring (bicyclic) bond motifs is 1. The number of imidazole rings is 1. The molecule has 3 rings (SSSR count). The summed E-state index contributed by atoms with van der Waals surface area (Å²) in [5, 5.41) is 0.758. The van der Waals surface area contributed by atoms with Crippen LogP contribution in [0.2, 0.25) is 5.02 Å². The lowest BCUT2D eigenvalue weighted by atomic mass is 10.1. The van der Waals surface area contributed by atoms with Crippen molar-refractivity contribution in [3.8, 4) is 11.4 Å². The van der Waals surface area contributed by atoms with E-state index in [1.165, 1.54) is 0 Å². The van der Waals surface area contributed by atoms with Crippen LogP contribution in [0.1, 0.15) is 11.1 Å². The van der Waals surface area contributed by atoms with Crippen LogP contribution in [0.3, 0.4) is 0 Å². The van der Waals surface area contributed by atoms with Gasteiger partial charge in [-0.3, -0.25) is 0 Å². The van der Waals surface area contributed by atoms with E-state index in [4.69, 9.17) is 22.3 Å². The smallest absolute Gasteiger partial charge is 0.141 e. The van der Waals surface area contributed by atoms with Gasteiger partial charge in [0, 0.05) is 24.2 Å². The van der Waals surface area contributed by atoms with Gasteiger partial charge in [0.25, 0.3) is 0 Å². The summed E-state index contributed by atoms with van der Waals surface area (Å²) < 4.78 is 2.09. The summed E-state index contributed by atoms with van der Waals surface area (Å²) in [7, 11) is 2.02. The molecular weight excluding hydrogens is 270 g/mol. The highest BCUT2D eigenvalue weighted by Gasteiger charge is 2.14. The fourth-order valence-electron chi connectivity index (χ4n) is 2.53. The first-order valence-electron chi connectivity index (χ1n) is 6.53. The molecule has 4 heteroatoms. The number of benzene rings is 2. The third-order valence-electron chi connectivity index (χ3n) is 3.72. The molecule has 3 nitrogen and oxygen atoms in total. The standard InChI is InChI=1S/C16H16ClN3/c1-10-12(6-4-7-13(10)17)16-19-15-11(9-18)5-3-8-14(15)20(16)2/h3-8H,9,18H2,1-2H3. The number of rotatable bonds is 2. The zero-order valence-corrected chi connectivity index (χ0v) is 12.3. The second kappa shape index (κ2) is 4.93. The van der Waals surface area contributed by atoms with Crippen molar-refractivity contribution in [2.24, 2.45) is 12.8 Å². The number of hydrogen-bond acceptors (Lipinski definition) is 2. The van der Waals surface area contributed by atoms with Crippen molar-refractivity contribution in [1.29, 1.82) is 0 Å². The molecule has 0 atom stereocenters. The summed E-state index contributed by atoms with van der Waals surface area (Å²) in [4.78, 5) is 4.78. The molecule has 2 aromatic carbocycles. The normalized spacial score (nSPS) is 11.2. The van der Waals surface area contributed by atoms with E-state index in [1.54, 1.807) is 0 Å². The zero-order chi connectivity index (χ0) is 14.3. The number of nitrogens with zero attached hydrogens (tertiary/aromatic N) is 2. The molecule has 0 spiro atoms. The number of para-hydroxylation sites is 1. The van der Waals surface area contributed by atoms with Crippen LogP contribution < -0.4 is 5.73 Å². The van der Waals surface area contributed by atoms with E-state index >= 15 is 0 Å². The molecular formula is C16H16ClN3. The molecule has 102 valence electrons. The average Bonchev–Trinajstić information content (AvgIpc) is 2.79. The van der Waals surface area contributed by atoms with E-state index in [2.05, 4.69) is 10.6 Å². The van der Waals surface area contributed by atoms with E-state index < -0.39 is 0 Å².